The molecule has 0 fully saturated rings. The molecule has 0 atom stereocenters. The standard InChI is InChI=1S/C13H10BrFO2/c14-12-7-9(1-6-13(12)16)8-17-11-4-2-10(15)3-5-11/h1-7,16H,8H2. The largest absolute Gasteiger partial charge is 0.507 e. The summed E-state index contributed by atoms with van der Waals surface area (Å²) >= 11 is 3.23. The van der Waals surface area contributed by atoms with Crippen molar-refractivity contribution in [1.82, 2.24) is 0 Å². The Hall–Kier alpha value is -1.55. The molecule has 0 spiro atoms. The van der Waals surface area contributed by atoms with E-state index in [-0.39, 0.29) is 11.6 Å². The molecule has 0 bridgehead atoms. The minimum Gasteiger partial charge on any atom is -0.507 e. The number of aromatic hydroxyl groups is 1. The van der Waals surface area contributed by atoms with Crippen LogP contribution in [0.15, 0.2) is 46.9 Å². The van der Waals surface area contributed by atoms with Crippen molar-refractivity contribution in [1.29, 1.82) is 0 Å². The van der Waals surface area contributed by atoms with E-state index in [4.69, 9.17) is 4.74 Å². The topological polar surface area (TPSA) is 29.5 Å². The molecule has 2 rings (SSSR count). The highest BCUT2D eigenvalue weighted by molar-refractivity contribution is 9.10. The van der Waals surface area contributed by atoms with Crippen LogP contribution in [0.1, 0.15) is 5.56 Å². The van der Waals surface area contributed by atoms with E-state index in [0.29, 0.717) is 16.8 Å². The average Bonchev–Trinajstić information content (AvgIpc) is 2.33. The molecular weight excluding hydrogens is 287 g/mol. The van der Waals surface area contributed by atoms with Crippen molar-refractivity contribution in [3.63, 3.8) is 0 Å². The molecule has 0 aliphatic carbocycles. The minimum absolute atomic E-state index is 0.190. The Labute approximate surface area is 107 Å². The Morgan fingerprint density at radius 1 is 1.12 bits per heavy atom. The van der Waals surface area contributed by atoms with Crippen LogP contribution in [0.25, 0.3) is 0 Å². The number of rotatable bonds is 3. The molecule has 0 saturated carbocycles. The monoisotopic (exact) mass is 296 g/mol. The van der Waals surface area contributed by atoms with Crippen LogP contribution >= 0.6 is 15.9 Å². The summed E-state index contributed by atoms with van der Waals surface area (Å²) in [6.07, 6.45) is 0. The van der Waals surface area contributed by atoms with E-state index in [1.165, 1.54) is 12.1 Å². The molecule has 0 amide bonds. The van der Waals surface area contributed by atoms with Crippen molar-refractivity contribution in [2.45, 2.75) is 6.61 Å². The van der Waals surface area contributed by atoms with Crippen molar-refractivity contribution in [2.24, 2.45) is 0 Å². The maximum atomic E-state index is 12.7. The molecule has 17 heavy (non-hydrogen) atoms. The zero-order chi connectivity index (χ0) is 12.3. The Balaban J connectivity index is 2.02. The summed E-state index contributed by atoms with van der Waals surface area (Å²) in [7, 11) is 0. The molecule has 0 unspecified atom stereocenters. The van der Waals surface area contributed by atoms with Gasteiger partial charge in [-0.05, 0) is 57.9 Å². The molecule has 1 N–H and O–H groups in total. The maximum absolute atomic E-state index is 12.7. The van der Waals surface area contributed by atoms with Crippen molar-refractivity contribution < 1.29 is 14.2 Å². The van der Waals surface area contributed by atoms with Crippen LogP contribution in [0, 0.1) is 5.82 Å². The number of ether oxygens (including phenoxy) is 1. The zero-order valence-electron chi connectivity index (χ0n) is 8.86. The van der Waals surface area contributed by atoms with Crippen LogP contribution < -0.4 is 4.74 Å². The fourth-order valence-corrected chi connectivity index (χ4v) is 1.76. The number of halogens is 2. The van der Waals surface area contributed by atoms with E-state index < -0.39 is 0 Å². The third-order valence-electron chi connectivity index (χ3n) is 2.23. The van der Waals surface area contributed by atoms with Crippen molar-refractivity contribution in [3.8, 4) is 11.5 Å². The molecule has 0 aliphatic rings. The lowest BCUT2D eigenvalue weighted by Crippen LogP contribution is -1.95. The molecule has 88 valence electrons. The first-order valence-electron chi connectivity index (χ1n) is 5.01. The number of benzene rings is 2. The third-order valence-corrected chi connectivity index (χ3v) is 2.87. The first-order valence-corrected chi connectivity index (χ1v) is 5.80. The molecule has 0 radical (unpaired) electrons. The second-order valence-corrected chi connectivity index (χ2v) is 4.38. The van der Waals surface area contributed by atoms with Gasteiger partial charge in [0, 0.05) is 0 Å². The summed E-state index contributed by atoms with van der Waals surface area (Å²) < 4.78 is 18.8. The van der Waals surface area contributed by atoms with Crippen molar-refractivity contribution in [3.05, 3.63) is 58.3 Å². The first kappa shape index (κ1) is 11.9. The lowest BCUT2D eigenvalue weighted by Gasteiger charge is -2.07. The number of phenols is 1. The SMILES string of the molecule is Oc1ccc(COc2ccc(F)cc2)cc1Br. The second kappa shape index (κ2) is 5.19. The lowest BCUT2D eigenvalue weighted by atomic mass is 10.2. The number of phenolic OH excluding ortho intramolecular Hbond substituents is 1. The predicted molar refractivity (Wildman–Crippen MR) is 66.5 cm³/mol. The quantitative estimate of drug-likeness (QED) is 0.931. The van der Waals surface area contributed by atoms with E-state index in [9.17, 15) is 9.50 Å². The smallest absolute Gasteiger partial charge is 0.129 e. The molecule has 2 nitrogen and oxygen atoms in total. The summed E-state index contributed by atoms with van der Waals surface area (Å²) in [5.41, 5.74) is 0.916. The van der Waals surface area contributed by atoms with Crippen LogP contribution in [0.4, 0.5) is 4.39 Å². The normalized spacial score (nSPS) is 10.2. The van der Waals surface area contributed by atoms with Crippen LogP contribution in [-0.2, 0) is 6.61 Å². The van der Waals surface area contributed by atoms with Crippen molar-refractivity contribution in [2.75, 3.05) is 0 Å². The van der Waals surface area contributed by atoms with Gasteiger partial charge in [-0.3, -0.25) is 0 Å². The van der Waals surface area contributed by atoms with Gasteiger partial charge in [0.25, 0.3) is 0 Å². The molecule has 4 heteroatoms. The van der Waals surface area contributed by atoms with E-state index in [2.05, 4.69) is 15.9 Å². The van der Waals surface area contributed by atoms with Gasteiger partial charge in [0.05, 0.1) is 4.47 Å². The van der Waals surface area contributed by atoms with E-state index in [1.807, 2.05) is 0 Å². The fourth-order valence-electron chi connectivity index (χ4n) is 1.34. The van der Waals surface area contributed by atoms with Crippen LogP contribution in [-0.4, -0.2) is 5.11 Å². The lowest BCUT2D eigenvalue weighted by molar-refractivity contribution is 0.305. The highest BCUT2D eigenvalue weighted by Crippen LogP contribution is 2.25. The Kier molecular flexibility index (Phi) is 3.64. The van der Waals surface area contributed by atoms with E-state index in [0.717, 1.165) is 5.56 Å². The average molecular weight is 297 g/mol. The molecule has 2 aromatic rings. The highest BCUT2D eigenvalue weighted by atomic mass is 79.9. The minimum atomic E-state index is -0.287. The fraction of sp³-hybridized carbons (Fsp3) is 0.0769. The summed E-state index contributed by atoms with van der Waals surface area (Å²) in [6.45, 7) is 0.366. The van der Waals surface area contributed by atoms with Gasteiger partial charge >= 0.3 is 0 Å². The highest BCUT2D eigenvalue weighted by Gasteiger charge is 2.01. The Morgan fingerprint density at radius 2 is 1.82 bits per heavy atom. The van der Waals surface area contributed by atoms with E-state index in [1.54, 1.807) is 30.3 Å². The zero-order valence-corrected chi connectivity index (χ0v) is 10.4. The van der Waals surface area contributed by atoms with Crippen LogP contribution in [0.5, 0.6) is 11.5 Å². The van der Waals surface area contributed by atoms with Crippen LogP contribution in [0.3, 0.4) is 0 Å². The van der Waals surface area contributed by atoms with Gasteiger partial charge in [-0.2, -0.15) is 0 Å². The third kappa shape index (κ3) is 3.20. The summed E-state index contributed by atoms with van der Waals surface area (Å²) in [5.74, 6) is 0.510. The van der Waals surface area contributed by atoms with Gasteiger partial charge in [0.1, 0.15) is 23.9 Å². The molecular formula is C13H10BrFO2. The molecule has 2 aromatic carbocycles. The van der Waals surface area contributed by atoms with Gasteiger partial charge in [-0.1, -0.05) is 6.07 Å². The predicted octanol–water partition coefficient (Wildman–Crippen LogP) is 3.87. The molecule has 0 aliphatic heterocycles. The molecule has 0 heterocycles. The maximum Gasteiger partial charge on any atom is 0.129 e. The number of hydrogen-bond acceptors (Lipinski definition) is 2. The summed E-state index contributed by atoms with van der Waals surface area (Å²) in [5, 5.41) is 9.33. The van der Waals surface area contributed by atoms with Gasteiger partial charge in [0.2, 0.25) is 0 Å². The Morgan fingerprint density at radius 3 is 2.47 bits per heavy atom. The summed E-state index contributed by atoms with van der Waals surface area (Å²) in [6, 6.07) is 11.0. The van der Waals surface area contributed by atoms with Crippen molar-refractivity contribution >= 4 is 15.9 Å². The van der Waals surface area contributed by atoms with Gasteiger partial charge in [0.15, 0.2) is 0 Å². The van der Waals surface area contributed by atoms with Gasteiger partial charge in [-0.15, -0.1) is 0 Å². The summed E-state index contributed by atoms with van der Waals surface area (Å²) in [4.78, 5) is 0. The Bertz CT molecular complexity index is 511. The second-order valence-electron chi connectivity index (χ2n) is 3.53. The first-order chi connectivity index (χ1) is 8.15. The molecule has 0 aromatic heterocycles. The van der Waals surface area contributed by atoms with E-state index >= 15 is 0 Å². The molecule has 0 saturated heterocycles. The van der Waals surface area contributed by atoms with Gasteiger partial charge < -0.3 is 9.84 Å². The van der Waals surface area contributed by atoms with Crippen LogP contribution in [0.2, 0.25) is 0 Å². The number of hydrogen-bond donors (Lipinski definition) is 1. The van der Waals surface area contributed by atoms with Gasteiger partial charge in [-0.25, -0.2) is 4.39 Å².